The van der Waals surface area contributed by atoms with Crippen molar-refractivity contribution in [2.24, 2.45) is 0 Å². The molecule has 1 aliphatic heterocycles. The molecule has 0 unspecified atom stereocenters. The highest BCUT2D eigenvalue weighted by atomic mass is 35.5. The summed E-state index contributed by atoms with van der Waals surface area (Å²) >= 11 is 6.11. The van der Waals surface area contributed by atoms with E-state index >= 15 is 0 Å². The highest BCUT2D eigenvalue weighted by Crippen LogP contribution is 2.31. The smallest absolute Gasteiger partial charge is 0.317 e. The summed E-state index contributed by atoms with van der Waals surface area (Å²) in [5.74, 6) is 0.791. The van der Waals surface area contributed by atoms with Crippen LogP contribution in [0.4, 0.5) is 10.5 Å². The second-order valence-electron chi connectivity index (χ2n) is 5.81. The quantitative estimate of drug-likeness (QED) is 0.910. The predicted octanol–water partition coefficient (Wildman–Crippen LogP) is 2.78. The molecule has 0 radical (unpaired) electrons. The van der Waals surface area contributed by atoms with Crippen molar-refractivity contribution in [2.45, 2.75) is 6.54 Å². The maximum Gasteiger partial charge on any atom is 0.317 e. The lowest BCUT2D eigenvalue weighted by Gasteiger charge is -2.36. The number of rotatable bonds is 4. The summed E-state index contributed by atoms with van der Waals surface area (Å²) in [5.41, 5.74) is 1.95. The number of hydrogen-bond acceptors (Lipinski definition) is 4. The fourth-order valence-corrected chi connectivity index (χ4v) is 3.02. The molecule has 1 aromatic heterocycles. The molecule has 2 heterocycles. The molecule has 6 nitrogen and oxygen atoms in total. The number of halogens is 1. The van der Waals surface area contributed by atoms with Crippen LogP contribution in [-0.4, -0.2) is 49.2 Å². The van der Waals surface area contributed by atoms with Gasteiger partial charge in [0.25, 0.3) is 0 Å². The van der Waals surface area contributed by atoms with Crippen molar-refractivity contribution in [2.75, 3.05) is 38.2 Å². The van der Waals surface area contributed by atoms with Gasteiger partial charge in [-0.2, -0.15) is 0 Å². The summed E-state index contributed by atoms with van der Waals surface area (Å²) in [6.07, 6.45) is 3.47. The molecule has 1 aromatic carbocycles. The number of carbonyl (C=O) groups excluding carboxylic acids is 1. The molecule has 1 aliphatic rings. The molecule has 2 amide bonds. The van der Waals surface area contributed by atoms with Gasteiger partial charge in [0.2, 0.25) is 0 Å². The van der Waals surface area contributed by atoms with Crippen molar-refractivity contribution in [3.8, 4) is 5.75 Å². The molecular formula is C18H21ClN4O2. The van der Waals surface area contributed by atoms with Gasteiger partial charge < -0.3 is 19.9 Å². The lowest BCUT2D eigenvalue weighted by molar-refractivity contribution is 0.194. The van der Waals surface area contributed by atoms with Crippen LogP contribution in [0.25, 0.3) is 0 Å². The largest absolute Gasteiger partial charge is 0.495 e. The van der Waals surface area contributed by atoms with E-state index in [1.807, 2.05) is 35.2 Å². The molecule has 1 fully saturated rings. The Kier molecular flexibility index (Phi) is 5.60. The number of piperazine rings is 1. The highest BCUT2D eigenvalue weighted by molar-refractivity contribution is 6.30. The van der Waals surface area contributed by atoms with Crippen LogP contribution in [0.3, 0.4) is 0 Å². The number of pyridine rings is 1. The monoisotopic (exact) mass is 360 g/mol. The molecule has 132 valence electrons. The Labute approximate surface area is 152 Å². The first-order valence-corrected chi connectivity index (χ1v) is 8.55. The average molecular weight is 361 g/mol. The number of nitrogens with one attached hydrogen (secondary N) is 1. The van der Waals surface area contributed by atoms with E-state index in [1.165, 1.54) is 0 Å². The Morgan fingerprint density at radius 2 is 2.08 bits per heavy atom. The second kappa shape index (κ2) is 8.07. The van der Waals surface area contributed by atoms with E-state index in [0.29, 0.717) is 24.7 Å². The van der Waals surface area contributed by atoms with E-state index < -0.39 is 0 Å². The summed E-state index contributed by atoms with van der Waals surface area (Å²) in [6, 6.07) is 9.33. The third kappa shape index (κ3) is 4.33. The van der Waals surface area contributed by atoms with Crippen LogP contribution in [0, 0.1) is 0 Å². The second-order valence-corrected chi connectivity index (χ2v) is 6.25. The van der Waals surface area contributed by atoms with Crippen molar-refractivity contribution in [1.82, 2.24) is 15.2 Å². The van der Waals surface area contributed by atoms with Gasteiger partial charge in [-0.05, 0) is 29.8 Å². The first-order valence-electron chi connectivity index (χ1n) is 8.17. The summed E-state index contributed by atoms with van der Waals surface area (Å²) in [7, 11) is 1.65. The standard InChI is InChI=1S/C18H21ClN4O2/c1-25-17-5-4-15(19)11-16(17)22-7-9-23(10-8-22)18(24)21-13-14-3-2-6-20-12-14/h2-6,11-12H,7-10,13H2,1H3,(H,21,24). The molecule has 0 bridgehead atoms. The minimum Gasteiger partial charge on any atom is -0.495 e. The third-order valence-electron chi connectivity index (χ3n) is 4.21. The first kappa shape index (κ1) is 17.4. The average Bonchev–Trinajstić information content (AvgIpc) is 2.67. The van der Waals surface area contributed by atoms with E-state index in [1.54, 1.807) is 19.5 Å². The van der Waals surface area contributed by atoms with Gasteiger partial charge in [0.05, 0.1) is 12.8 Å². The van der Waals surface area contributed by atoms with Gasteiger partial charge in [-0.3, -0.25) is 4.98 Å². The summed E-state index contributed by atoms with van der Waals surface area (Å²) in [5, 5.41) is 3.61. The lowest BCUT2D eigenvalue weighted by atomic mass is 10.2. The van der Waals surface area contributed by atoms with Gasteiger partial charge in [0.1, 0.15) is 5.75 Å². The Bertz CT molecular complexity index is 718. The van der Waals surface area contributed by atoms with Crippen LogP contribution in [0.1, 0.15) is 5.56 Å². The van der Waals surface area contributed by atoms with Crippen molar-refractivity contribution in [1.29, 1.82) is 0 Å². The van der Waals surface area contributed by atoms with Gasteiger partial charge in [-0.25, -0.2) is 4.79 Å². The number of ether oxygens (including phenoxy) is 1. The Morgan fingerprint density at radius 1 is 1.28 bits per heavy atom. The molecule has 25 heavy (non-hydrogen) atoms. The number of benzene rings is 1. The molecule has 2 aromatic rings. The molecule has 1 saturated heterocycles. The van der Waals surface area contributed by atoms with Crippen molar-refractivity contribution < 1.29 is 9.53 Å². The maximum atomic E-state index is 12.3. The van der Waals surface area contributed by atoms with Crippen LogP contribution in [0.5, 0.6) is 5.75 Å². The Balaban J connectivity index is 1.55. The zero-order valence-corrected chi connectivity index (χ0v) is 14.9. The van der Waals surface area contributed by atoms with E-state index in [-0.39, 0.29) is 6.03 Å². The summed E-state index contributed by atoms with van der Waals surface area (Å²) in [4.78, 5) is 20.4. The SMILES string of the molecule is COc1ccc(Cl)cc1N1CCN(C(=O)NCc2cccnc2)CC1. The molecule has 0 saturated carbocycles. The van der Waals surface area contributed by atoms with Gasteiger partial charge in [-0.15, -0.1) is 0 Å². The number of nitrogens with zero attached hydrogens (tertiary/aromatic N) is 3. The first-order chi connectivity index (χ1) is 12.2. The number of anilines is 1. The molecule has 7 heteroatoms. The van der Waals surface area contributed by atoms with E-state index in [4.69, 9.17) is 16.3 Å². The van der Waals surface area contributed by atoms with Crippen LogP contribution < -0.4 is 15.0 Å². The summed E-state index contributed by atoms with van der Waals surface area (Å²) in [6.45, 7) is 3.24. The van der Waals surface area contributed by atoms with Crippen LogP contribution >= 0.6 is 11.6 Å². The Hall–Kier alpha value is -2.47. The van der Waals surface area contributed by atoms with Gasteiger partial charge in [0, 0.05) is 50.1 Å². The zero-order chi connectivity index (χ0) is 17.6. The predicted molar refractivity (Wildman–Crippen MR) is 98.3 cm³/mol. The van der Waals surface area contributed by atoms with E-state index in [0.717, 1.165) is 30.1 Å². The fourth-order valence-electron chi connectivity index (χ4n) is 2.85. The zero-order valence-electron chi connectivity index (χ0n) is 14.1. The van der Waals surface area contributed by atoms with Crippen molar-refractivity contribution in [3.63, 3.8) is 0 Å². The van der Waals surface area contributed by atoms with Crippen LogP contribution in [0.15, 0.2) is 42.7 Å². The third-order valence-corrected chi connectivity index (χ3v) is 4.45. The van der Waals surface area contributed by atoms with E-state index in [2.05, 4.69) is 15.2 Å². The van der Waals surface area contributed by atoms with E-state index in [9.17, 15) is 4.79 Å². The summed E-state index contributed by atoms with van der Waals surface area (Å²) < 4.78 is 5.42. The maximum absolute atomic E-state index is 12.3. The van der Waals surface area contributed by atoms with Crippen LogP contribution in [-0.2, 0) is 6.54 Å². The number of carbonyl (C=O) groups is 1. The van der Waals surface area contributed by atoms with Gasteiger partial charge in [0.15, 0.2) is 0 Å². The number of urea groups is 1. The number of amides is 2. The Morgan fingerprint density at radius 3 is 2.76 bits per heavy atom. The molecule has 0 atom stereocenters. The van der Waals surface area contributed by atoms with Gasteiger partial charge >= 0.3 is 6.03 Å². The molecule has 1 N–H and O–H groups in total. The normalized spacial score (nSPS) is 14.3. The minimum absolute atomic E-state index is 0.0541. The highest BCUT2D eigenvalue weighted by Gasteiger charge is 2.23. The number of methoxy groups -OCH3 is 1. The molecule has 0 spiro atoms. The van der Waals surface area contributed by atoms with Crippen molar-refractivity contribution in [3.05, 3.63) is 53.3 Å². The minimum atomic E-state index is -0.0541. The topological polar surface area (TPSA) is 57.7 Å². The van der Waals surface area contributed by atoms with Gasteiger partial charge in [-0.1, -0.05) is 17.7 Å². The molecular weight excluding hydrogens is 340 g/mol. The number of hydrogen-bond donors (Lipinski definition) is 1. The number of aromatic nitrogens is 1. The molecule has 3 rings (SSSR count). The fraction of sp³-hybridized carbons (Fsp3) is 0.333. The molecule has 0 aliphatic carbocycles. The van der Waals surface area contributed by atoms with Crippen LogP contribution in [0.2, 0.25) is 5.02 Å². The van der Waals surface area contributed by atoms with Crippen molar-refractivity contribution >= 4 is 23.3 Å². The lowest BCUT2D eigenvalue weighted by Crippen LogP contribution is -2.51.